The normalized spacial score (nSPS) is 18.5. The average Bonchev–Trinajstić information content (AvgIpc) is 2.96. The molecule has 0 saturated carbocycles. The lowest BCUT2D eigenvalue weighted by atomic mass is 10.1. The van der Waals surface area contributed by atoms with Gasteiger partial charge in [0.1, 0.15) is 4.90 Å². The van der Waals surface area contributed by atoms with Crippen molar-refractivity contribution in [1.29, 1.82) is 0 Å². The molecule has 1 fully saturated rings. The van der Waals surface area contributed by atoms with Crippen LogP contribution in [0.25, 0.3) is 0 Å². The monoisotopic (exact) mass is 334 g/mol. The number of alkyl halides is 1. The van der Waals surface area contributed by atoms with Crippen molar-refractivity contribution in [1.82, 2.24) is 19.0 Å². The Kier molecular flexibility index (Phi) is 5.65. The number of likely N-dealkylation sites (tertiary alicyclic amines) is 1. The summed E-state index contributed by atoms with van der Waals surface area (Å²) in [6.45, 7) is 5.56. The molecule has 0 atom stereocenters. The van der Waals surface area contributed by atoms with Gasteiger partial charge in [-0.2, -0.15) is 9.40 Å². The molecular formula is C13H23ClN4O2S. The largest absolute Gasteiger partial charge is 0.303 e. The van der Waals surface area contributed by atoms with Gasteiger partial charge >= 0.3 is 0 Å². The van der Waals surface area contributed by atoms with Crippen LogP contribution < -0.4 is 0 Å². The SMILES string of the molecule is CCN1CCC(N(C)S(=O)(=O)c2cnn(CCCl)c2)CC1. The standard InChI is InChI=1S/C13H23ClN4O2S/c1-3-17-7-4-12(5-8-17)16(2)21(19,20)13-10-15-18(11-13)9-6-14/h10-12H,3-9H2,1-2H3. The molecule has 6 nitrogen and oxygen atoms in total. The Hall–Kier alpha value is -0.630. The fourth-order valence-corrected chi connectivity index (χ4v) is 4.19. The van der Waals surface area contributed by atoms with Crippen LogP contribution in [0.2, 0.25) is 0 Å². The molecule has 1 aliphatic heterocycles. The minimum absolute atomic E-state index is 0.0641. The van der Waals surface area contributed by atoms with Crippen molar-refractivity contribution in [2.75, 3.05) is 32.6 Å². The van der Waals surface area contributed by atoms with Crippen molar-refractivity contribution in [2.24, 2.45) is 0 Å². The van der Waals surface area contributed by atoms with E-state index in [4.69, 9.17) is 11.6 Å². The van der Waals surface area contributed by atoms with Gasteiger partial charge in [-0.1, -0.05) is 6.92 Å². The van der Waals surface area contributed by atoms with Crippen LogP contribution >= 0.6 is 11.6 Å². The molecule has 0 unspecified atom stereocenters. The maximum absolute atomic E-state index is 12.6. The van der Waals surface area contributed by atoms with E-state index >= 15 is 0 Å². The smallest absolute Gasteiger partial charge is 0.246 e. The molecule has 0 amide bonds. The summed E-state index contributed by atoms with van der Waals surface area (Å²) in [4.78, 5) is 2.59. The summed E-state index contributed by atoms with van der Waals surface area (Å²) in [6.07, 6.45) is 4.70. The molecule has 2 heterocycles. The molecular weight excluding hydrogens is 312 g/mol. The molecule has 2 rings (SSSR count). The molecule has 0 aromatic carbocycles. The first-order valence-electron chi connectivity index (χ1n) is 7.27. The quantitative estimate of drug-likeness (QED) is 0.734. The van der Waals surface area contributed by atoms with Gasteiger partial charge in [0.2, 0.25) is 10.0 Å². The van der Waals surface area contributed by atoms with E-state index in [0.717, 1.165) is 32.5 Å². The second-order valence-electron chi connectivity index (χ2n) is 5.31. The highest BCUT2D eigenvalue weighted by Crippen LogP contribution is 2.22. The maximum Gasteiger partial charge on any atom is 0.246 e. The number of aromatic nitrogens is 2. The lowest BCUT2D eigenvalue weighted by Crippen LogP contribution is -2.45. The van der Waals surface area contributed by atoms with Crippen molar-refractivity contribution in [3.8, 4) is 0 Å². The number of hydrogen-bond acceptors (Lipinski definition) is 4. The minimum Gasteiger partial charge on any atom is -0.303 e. The molecule has 1 aromatic rings. The Balaban J connectivity index is 2.07. The molecule has 0 aliphatic carbocycles. The summed E-state index contributed by atoms with van der Waals surface area (Å²) in [5.41, 5.74) is 0. The first kappa shape index (κ1) is 16.7. The summed E-state index contributed by atoms with van der Waals surface area (Å²) in [5.74, 6) is 0.409. The van der Waals surface area contributed by atoms with Gasteiger partial charge < -0.3 is 4.90 Å². The van der Waals surface area contributed by atoms with Gasteiger partial charge in [-0.05, 0) is 32.5 Å². The Morgan fingerprint density at radius 1 is 1.43 bits per heavy atom. The molecule has 0 radical (unpaired) electrons. The molecule has 1 saturated heterocycles. The number of halogens is 1. The third-order valence-corrected chi connectivity index (χ3v) is 6.15. The predicted molar refractivity (Wildman–Crippen MR) is 83.0 cm³/mol. The van der Waals surface area contributed by atoms with Gasteiger partial charge in [0.15, 0.2) is 0 Å². The van der Waals surface area contributed by atoms with Crippen LogP contribution in [0.4, 0.5) is 0 Å². The van der Waals surface area contributed by atoms with E-state index in [-0.39, 0.29) is 10.9 Å². The van der Waals surface area contributed by atoms with E-state index in [9.17, 15) is 8.42 Å². The van der Waals surface area contributed by atoms with Gasteiger partial charge in [0, 0.05) is 25.2 Å². The second-order valence-corrected chi connectivity index (χ2v) is 7.69. The van der Waals surface area contributed by atoms with E-state index in [2.05, 4.69) is 16.9 Å². The lowest BCUT2D eigenvalue weighted by Gasteiger charge is -2.35. The molecule has 1 aliphatic rings. The van der Waals surface area contributed by atoms with Crippen LogP contribution in [-0.2, 0) is 16.6 Å². The lowest BCUT2D eigenvalue weighted by molar-refractivity contribution is 0.176. The number of aryl methyl sites for hydroxylation is 1. The molecule has 120 valence electrons. The number of rotatable bonds is 6. The molecule has 8 heteroatoms. The van der Waals surface area contributed by atoms with Crippen LogP contribution in [0, 0.1) is 0 Å². The molecule has 0 spiro atoms. The van der Waals surface area contributed by atoms with Crippen molar-refractivity contribution in [3.05, 3.63) is 12.4 Å². The number of piperidine rings is 1. The van der Waals surface area contributed by atoms with Gasteiger partial charge in [0.05, 0.1) is 12.7 Å². The first-order valence-corrected chi connectivity index (χ1v) is 9.25. The molecule has 1 aromatic heterocycles. The highest BCUT2D eigenvalue weighted by Gasteiger charge is 2.31. The Morgan fingerprint density at radius 2 is 2.10 bits per heavy atom. The van der Waals surface area contributed by atoms with E-state index < -0.39 is 10.0 Å². The molecule has 0 bridgehead atoms. The van der Waals surface area contributed by atoms with Crippen molar-refractivity contribution in [2.45, 2.75) is 37.2 Å². The topological polar surface area (TPSA) is 58.4 Å². The third kappa shape index (κ3) is 3.77. The molecule has 0 N–H and O–H groups in total. The van der Waals surface area contributed by atoms with Crippen molar-refractivity contribution >= 4 is 21.6 Å². The zero-order chi connectivity index (χ0) is 15.5. The Morgan fingerprint density at radius 3 is 2.67 bits per heavy atom. The fraction of sp³-hybridized carbons (Fsp3) is 0.769. The summed E-state index contributed by atoms with van der Waals surface area (Å²) < 4.78 is 28.3. The first-order chi connectivity index (χ1) is 9.98. The van der Waals surface area contributed by atoms with Crippen LogP contribution in [-0.4, -0.2) is 66.0 Å². The van der Waals surface area contributed by atoms with Gasteiger partial charge in [0.25, 0.3) is 0 Å². The van der Waals surface area contributed by atoms with E-state index in [1.807, 2.05) is 0 Å². The van der Waals surface area contributed by atoms with Crippen LogP contribution in [0.1, 0.15) is 19.8 Å². The van der Waals surface area contributed by atoms with Gasteiger partial charge in [-0.15, -0.1) is 11.6 Å². The number of nitrogens with zero attached hydrogens (tertiary/aromatic N) is 4. The zero-order valence-electron chi connectivity index (χ0n) is 12.6. The zero-order valence-corrected chi connectivity index (χ0v) is 14.1. The van der Waals surface area contributed by atoms with E-state index in [0.29, 0.717) is 12.4 Å². The highest BCUT2D eigenvalue weighted by atomic mass is 35.5. The van der Waals surface area contributed by atoms with Gasteiger partial charge in [-0.25, -0.2) is 8.42 Å². The Labute approximate surface area is 131 Å². The Bertz CT molecular complexity index is 552. The van der Waals surface area contributed by atoms with E-state index in [1.54, 1.807) is 17.9 Å². The second kappa shape index (κ2) is 7.09. The molecule has 21 heavy (non-hydrogen) atoms. The summed E-state index contributed by atoms with van der Waals surface area (Å²) in [6, 6.07) is 0.0641. The minimum atomic E-state index is -3.47. The summed E-state index contributed by atoms with van der Waals surface area (Å²) >= 11 is 5.65. The van der Waals surface area contributed by atoms with Crippen LogP contribution in [0.15, 0.2) is 17.3 Å². The summed E-state index contributed by atoms with van der Waals surface area (Å²) in [7, 11) is -1.80. The average molecular weight is 335 g/mol. The summed E-state index contributed by atoms with van der Waals surface area (Å²) in [5, 5.41) is 4.04. The van der Waals surface area contributed by atoms with E-state index in [1.165, 1.54) is 10.5 Å². The fourth-order valence-electron chi connectivity index (χ4n) is 2.65. The predicted octanol–water partition coefficient (Wildman–Crippen LogP) is 1.23. The van der Waals surface area contributed by atoms with Gasteiger partial charge in [-0.3, -0.25) is 4.68 Å². The third-order valence-electron chi connectivity index (χ3n) is 4.12. The van der Waals surface area contributed by atoms with Crippen LogP contribution in [0.5, 0.6) is 0 Å². The van der Waals surface area contributed by atoms with Crippen molar-refractivity contribution < 1.29 is 8.42 Å². The number of hydrogen-bond donors (Lipinski definition) is 0. The highest BCUT2D eigenvalue weighted by molar-refractivity contribution is 7.89. The van der Waals surface area contributed by atoms with Crippen molar-refractivity contribution in [3.63, 3.8) is 0 Å². The number of sulfonamides is 1. The van der Waals surface area contributed by atoms with Crippen LogP contribution in [0.3, 0.4) is 0 Å². The maximum atomic E-state index is 12.6.